The number of nitrogens with one attached hydrogen (secondary N) is 4. The van der Waals surface area contributed by atoms with Gasteiger partial charge in [-0.15, -0.1) is 12.0 Å². The fraction of sp³-hybridized carbons (Fsp3) is 0.281. The molecule has 3 heterocycles. The summed E-state index contributed by atoms with van der Waals surface area (Å²) in [6, 6.07) is 16.7. The van der Waals surface area contributed by atoms with Gasteiger partial charge in [0.25, 0.3) is 0 Å². The molecule has 0 radical (unpaired) electrons. The van der Waals surface area contributed by atoms with Crippen LogP contribution in [-0.4, -0.2) is 27.6 Å². The molecule has 40 heavy (non-hydrogen) atoms. The summed E-state index contributed by atoms with van der Waals surface area (Å²) in [6.07, 6.45) is 13.8. The third kappa shape index (κ3) is 4.98. The highest BCUT2D eigenvalue weighted by molar-refractivity contribution is 5.99. The number of benzene rings is 2. The SMILES string of the molecule is C#Cc1cnc2c(C#N)cc(N[C@H](C3=CN(C4CC4)NN3)c3cccc4ncccc34)cc2c1NCC(C)(C)C. The summed E-state index contributed by atoms with van der Waals surface area (Å²) in [5, 5.41) is 21.4. The fourth-order valence-corrected chi connectivity index (χ4v) is 5.03. The second kappa shape index (κ2) is 10.1. The lowest BCUT2D eigenvalue weighted by Crippen LogP contribution is -2.38. The normalized spacial score (nSPS) is 15.7. The van der Waals surface area contributed by atoms with Crippen LogP contribution in [0.5, 0.6) is 0 Å². The average Bonchev–Trinajstić information content (AvgIpc) is 3.69. The number of pyridine rings is 2. The van der Waals surface area contributed by atoms with Crippen molar-refractivity contribution < 1.29 is 0 Å². The van der Waals surface area contributed by atoms with Crippen LogP contribution in [0.1, 0.15) is 56.3 Å². The summed E-state index contributed by atoms with van der Waals surface area (Å²) in [6.45, 7) is 7.21. The van der Waals surface area contributed by atoms with E-state index in [2.05, 4.69) is 87.7 Å². The van der Waals surface area contributed by atoms with Crippen molar-refractivity contribution in [3.05, 3.63) is 83.4 Å². The van der Waals surface area contributed by atoms with Crippen LogP contribution in [0.2, 0.25) is 0 Å². The second-order valence-electron chi connectivity index (χ2n) is 11.6. The van der Waals surface area contributed by atoms with Crippen LogP contribution in [-0.2, 0) is 0 Å². The first-order valence-corrected chi connectivity index (χ1v) is 13.5. The summed E-state index contributed by atoms with van der Waals surface area (Å²) < 4.78 is 0. The lowest BCUT2D eigenvalue weighted by Gasteiger charge is -2.24. The molecule has 4 aromatic rings. The molecule has 0 unspecified atom stereocenters. The number of anilines is 2. The minimum absolute atomic E-state index is 0.0317. The summed E-state index contributed by atoms with van der Waals surface area (Å²) in [4.78, 5) is 9.16. The zero-order valence-electron chi connectivity index (χ0n) is 22.9. The standard InChI is InChI=1S/C32H32N8/c1-5-20-17-35-30-21(16-33)14-22(15-26(30)29(20)36-19-32(2,3)4)37-31(28-18-40(39-38-28)23-11-12-23)25-8-6-10-27-24(25)9-7-13-34-27/h1,6-10,13-15,17-18,23,31,37-39H,11-12,19H2,2-4H3,(H,35,36)/t31-/m0/s1. The van der Waals surface area contributed by atoms with Crippen molar-refractivity contribution in [3.63, 3.8) is 0 Å². The number of hydrazine groups is 2. The van der Waals surface area contributed by atoms with Crippen molar-refractivity contribution in [3.8, 4) is 18.4 Å². The number of hydrogen-bond acceptors (Lipinski definition) is 8. The zero-order valence-corrected chi connectivity index (χ0v) is 22.9. The van der Waals surface area contributed by atoms with Crippen molar-refractivity contribution >= 4 is 33.2 Å². The van der Waals surface area contributed by atoms with Gasteiger partial charge in [0.05, 0.1) is 39.6 Å². The monoisotopic (exact) mass is 528 g/mol. The van der Waals surface area contributed by atoms with Crippen LogP contribution >= 0.6 is 0 Å². The predicted octanol–water partition coefficient (Wildman–Crippen LogP) is 5.58. The van der Waals surface area contributed by atoms with E-state index < -0.39 is 0 Å². The largest absolute Gasteiger partial charge is 0.383 e. The molecule has 1 atom stereocenters. The Morgan fingerprint density at radius 2 is 1.98 bits per heavy atom. The molecule has 0 bridgehead atoms. The quantitative estimate of drug-likeness (QED) is 0.231. The molecule has 2 aromatic carbocycles. The van der Waals surface area contributed by atoms with Gasteiger partial charge in [-0.25, -0.2) is 0 Å². The first-order chi connectivity index (χ1) is 19.3. The molecule has 0 spiro atoms. The van der Waals surface area contributed by atoms with Crippen LogP contribution in [0.3, 0.4) is 0 Å². The zero-order chi connectivity index (χ0) is 27.9. The Bertz CT molecular complexity index is 1710. The van der Waals surface area contributed by atoms with E-state index in [1.54, 1.807) is 6.20 Å². The maximum atomic E-state index is 10.1. The molecule has 0 saturated heterocycles. The number of terminal acetylenes is 1. The van der Waals surface area contributed by atoms with E-state index in [1.165, 1.54) is 12.8 Å². The second-order valence-corrected chi connectivity index (χ2v) is 11.6. The van der Waals surface area contributed by atoms with Gasteiger partial charge in [0.1, 0.15) is 6.07 Å². The molecule has 1 aliphatic carbocycles. The molecule has 200 valence electrons. The maximum Gasteiger partial charge on any atom is 0.102 e. The van der Waals surface area contributed by atoms with Gasteiger partial charge in [-0.05, 0) is 48.1 Å². The van der Waals surface area contributed by atoms with Gasteiger partial charge >= 0.3 is 0 Å². The van der Waals surface area contributed by atoms with E-state index in [-0.39, 0.29) is 11.5 Å². The first-order valence-electron chi connectivity index (χ1n) is 13.5. The average molecular weight is 529 g/mol. The highest BCUT2D eigenvalue weighted by Gasteiger charge is 2.32. The Balaban J connectivity index is 1.48. The van der Waals surface area contributed by atoms with E-state index >= 15 is 0 Å². The minimum atomic E-state index is -0.247. The molecule has 6 rings (SSSR count). The summed E-state index contributed by atoms with van der Waals surface area (Å²) >= 11 is 0. The van der Waals surface area contributed by atoms with Crippen molar-refractivity contribution in [2.45, 2.75) is 45.7 Å². The third-order valence-electron chi connectivity index (χ3n) is 7.20. The number of hydrogen-bond donors (Lipinski definition) is 4. The third-order valence-corrected chi connectivity index (χ3v) is 7.20. The molecule has 8 nitrogen and oxygen atoms in total. The van der Waals surface area contributed by atoms with Crippen LogP contribution in [0, 0.1) is 29.1 Å². The number of fused-ring (bicyclic) bond motifs is 2. The Morgan fingerprint density at radius 1 is 1.12 bits per heavy atom. The number of nitrogens with zero attached hydrogens (tertiary/aromatic N) is 4. The van der Waals surface area contributed by atoms with E-state index in [1.807, 2.05) is 36.5 Å². The molecule has 4 N–H and O–H groups in total. The van der Waals surface area contributed by atoms with Crippen molar-refractivity contribution in [1.82, 2.24) is 25.9 Å². The summed E-state index contributed by atoms with van der Waals surface area (Å²) in [5.41, 5.74) is 13.1. The molecular formula is C32H32N8. The van der Waals surface area contributed by atoms with Crippen LogP contribution in [0.4, 0.5) is 11.4 Å². The van der Waals surface area contributed by atoms with Crippen molar-refractivity contribution in [1.29, 1.82) is 5.26 Å². The van der Waals surface area contributed by atoms with Gasteiger partial charge in [0, 0.05) is 47.6 Å². The van der Waals surface area contributed by atoms with Gasteiger partial charge < -0.3 is 16.1 Å². The minimum Gasteiger partial charge on any atom is -0.383 e. The summed E-state index contributed by atoms with van der Waals surface area (Å²) in [7, 11) is 0. The fourth-order valence-electron chi connectivity index (χ4n) is 5.03. The Labute approximate surface area is 234 Å². The first kappa shape index (κ1) is 25.5. The highest BCUT2D eigenvalue weighted by Crippen LogP contribution is 2.37. The Morgan fingerprint density at radius 3 is 2.73 bits per heavy atom. The molecule has 1 saturated carbocycles. The van der Waals surface area contributed by atoms with Crippen molar-refractivity contribution in [2.75, 3.05) is 17.2 Å². The maximum absolute atomic E-state index is 10.1. The smallest absolute Gasteiger partial charge is 0.102 e. The molecule has 0 amide bonds. The number of rotatable bonds is 7. The van der Waals surface area contributed by atoms with Gasteiger partial charge in [-0.2, -0.15) is 5.26 Å². The lowest BCUT2D eigenvalue weighted by atomic mass is 9.96. The molecule has 2 aromatic heterocycles. The molecular weight excluding hydrogens is 496 g/mol. The van der Waals surface area contributed by atoms with Gasteiger partial charge in [-0.3, -0.25) is 15.0 Å². The molecule has 2 aliphatic rings. The predicted molar refractivity (Wildman–Crippen MR) is 160 cm³/mol. The van der Waals surface area contributed by atoms with Crippen LogP contribution in [0.25, 0.3) is 21.8 Å². The highest BCUT2D eigenvalue weighted by atomic mass is 15.7. The molecule has 1 fully saturated rings. The molecule has 8 heteroatoms. The Hall–Kier alpha value is -4.79. The van der Waals surface area contributed by atoms with Gasteiger partial charge in [0.2, 0.25) is 0 Å². The van der Waals surface area contributed by atoms with E-state index in [9.17, 15) is 5.26 Å². The van der Waals surface area contributed by atoms with Gasteiger partial charge in [0.15, 0.2) is 0 Å². The molecule has 1 aliphatic heterocycles. The van der Waals surface area contributed by atoms with E-state index in [0.29, 0.717) is 29.2 Å². The number of nitriles is 1. The summed E-state index contributed by atoms with van der Waals surface area (Å²) in [5.74, 6) is 2.77. The van der Waals surface area contributed by atoms with E-state index in [4.69, 9.17) is 6.42 Å². The van der Waals surface area contributed by atoms with Crippen molar-refractivity contribution in [2.24, 2.45) is 5.41 Å². The Kier molecular flexibility index (Phi) is 6.42. The van der Waals surface area contributed by atoms with Gasteiger partial charge in [-0.1, -0.05) is 44.9 Å². The number of aromatic nitrogens is 2. The van der Waals surface area contributed by atoms with Crippen LogP contribution < -0.4 is 21.6 Å². The van der Waals surface area contributed by atoms with E-state index in [0.717, 1.165) is 38.9 Å². The van der Waals surface area contributed by atoms with Crippen LogP contribution in [0.15, 0.2) is 66.8 Å². The topological polar surface area (TPSA) is 101 Å². The lowest BCUT2D eigenvalue weighted by molar-refractivity contribution is 0.260.